The standard InChI is InChI=1S/C25H26FN3O2/c1-15-19(24(27)30)12-17(31-14-16-8-11-29(16)2)13-21(15)25(9-10-25)20-4-3-5-22-18(20)6-7-23(26)28-22/h3-7,12-13,16H,8-11,14H2,1-2H3,(H2,27,30). The number of likely N-dealkylation sites (tertiary alicyclic amines) is 1. The highest BCUT2D eigenvalue weighted by molar-refractivity contribution is 5.95. The Kier molecular flexibility index (Phi) is 4.70. The van der Waals surface area contributed by atoms with Gasteiger partial charge in [0.05, 0.1) is 5.52 Å². The monoisotopic (exact) mass is 419 g/mol. The summed E-state index contributed by atoms with van der Waals surface area (Å²) >= 11 is 0. The summed E-state index contributed by atoms with van der Waals surface area (Å²) in [5.41, 5.74) is 9.64. The van der Waals surface area contributed by atoms with E-state index in [1.807, 2.05) is 19.1 Å². The minimum absolute atomic E-state index is 0.250. The van der Waals surface area contributed by atoms with Crippen LogP contribution < -0.4 is 10.5 Å². The highest BCUT2D eigenvalue weighted by atomic mass is 19.1. The van der Waals surface area contributed by atoms with Gasteiger partial charge in [-0.1, -0.05) is 12.1 Å². The van der Waals surface area contributed by atoms with Gasteiger partial charge in [0.2, 0.25) is 11.9 Å². The third-order valence-corrected chi connectivity index (χ3v) is 7.01. The highest BCUT2D eigenvalue weighted by Crippen LogP contribution is 2.56. The van der Waals surface area contributed by atoms with E-state index in [1.54, 1.807) is 12.1 Å². The van der Waals surface area contributed by atoms with Crippen LogP contribution in [-0.4, -0.2) is 42.0 Å². The zero-order valence-corrected chi connectivity index (χ0v) is 17.8. The predicted octanol–water partition coefficient (Wildman–Crippen LogP) is 3.94. The molecule has 1 aliphatic heterocycles. The number of nitrogens with two attached hydrogens (primary N) is 1. The van der Waals surface area contributed by atoms with Crippen LogP contribution in [0.25, 0.3) is 10.9 Å². The average Bonchev–Trinajstić information content (AvgIpc) is 3.54. The lowest BCUT2D eigenvalue weighted by Crippen LogP contribution is -2.48. The number of benzene rings is 2. The van der Waals surface area contributed by atoms with Crippen molar-refractivity contribution in [3.8, 4) is 5.75 Å². The van der Waals surface area contributed by atoms with Crippen LogP contribution in [0, 0.1) is 12.9 Å². The fourth-order valence-electron chi connectivity index (χ4n) is 4.85. The summed E-state index contributed by atoms with van der Waals surface area (Å²) in [6.07, 6.45) is 3.00. The quantitative estimate of drug-likeness (QED) is 0.615. The molecule has 1 saturated carbocycles. The maximum atomic E-state index is 13.7. The topological polar surface area (TPSA) is 68.5 Å². The van der Waals surface area contributed by atoms with Crippen LogP contribution in [0.1, 0.15) is 46.3 Å². The molecule has 160 valence electrons. The van der Waals surface area contributed by atoms with Gasteiger partial charge in [0, 0.05) is 22.4 Å². The number of ether oxygens (including phenoxy) is 1. The van der Waals surface area contributed by atoms with Crippen LogP contribution in [0.4, 0.5) is 4.39 Å². The minimum atomic E-state index is -0.488. The number of carbonyl (C=O) groups is 1. The number of nitrogens with zero attached hydrogens (tertiary/aromatic N) is 2. The molecule has 2 aliphatic rings. The van der Waals surface area contributed by atoms with Gasteiger partial charge >= 0.3 is 0 Å². The van der Waals surface area contributed by atoms with Crippen molar-refractivity contribution in [1.82, 2.24) is 9.88 Å². The number of aromatic nitrogens is 1. The van der Waals surface area contributed by atoms with Crippen LogP contribution in [0.2, 0.25) is 0 Å². The van der Waals surface area contributed by atoms with Gasteiger partial charge in [-0.2, -0.15) is 4.39 Å². The Morgan fingerprint density at radius 3 is 2.71 bits per heavy atom. The number of hydrogen-bond acceptors (Lipinski definition) is 4. The fourth-order valence-corrected chi connectivity index (χ4v) is 4.85. The molecule has 2 heterocycles. The summed E-state index contributed by atoms with van der Waals surface area (Å²) < 4.78 is 19.8. The molecule has 1 saturated heterocycles. The summed E-state index contributed by atoms with van der Waals surface area (Å²) in [6.45, 7) is 3.61. The van der Waals surface area contributed by atoms with Gasteiger partial charge in [0.25, 0.3) is 0 Å². The van der Waals surface area contributed by atoms with Crippen molar-refractivity contribution in [3.63, 3.8) is 0 Å². The molecule has 31 heavy (non-hydrogen) atoms. The largest absolute Gasteiger partial charge is 0.492 e. The Bertz CT molecular complexity index is 1190. The summed E-state index contributed by atoms with van der Waals surface area (Å²) in [4.78, 5) is 18.5. The molecule has 0 radical (unpaired) electrons. The first-order valence-corrected chi connectivity index (χ1v) is 10.7. The first-order chi connectivity index (χ1) is 14.9. The molecule has 0 bridgehead atoms. The van der Waals surface area contributed by atoms with Crippen molar-refractivity contribution in [3.05, 3.63) is 70.7 Å². The van der Waals surface area contributed by atoms with Gasteiger partial charge in [-0.05, 0) is 86.8 Å². The van der Waals surface area contributed by atoms with Crippen LogP contribution >= 0.6 is 0 Å². The normalized spacial score (nSPS) is 19.8. The minimum Gasteiger partial charge on any atom is -0.492 e. The Hall–Kier alpha value is -2.99. The fraction of sp³-hybridized carbons (Fsp3) is 0.360. The van der Waals surface area contributed by atoms with E-state index in [2.05, 4.69) is 29.1 Å². The molecule has 1 aliphatic carbocycles. The van der Waals surface area contributed by atoms with Gasteiger partial charge in [-0.3, -0.25) is 9.69 Å². The Morgan fingerprint density at radius 2 is 2.06 bits per heavy atom. The molecule has 2 aromatic carbocycles. The van der Waals surface area contributed by atoms with E-state index in [1.165, 1.54) is 6.07 Å². The van der Waals surface area contributed by atoms with Crippen molar-refractivity contribution < 1.29 is 13.9 Å². The van der Waals surface area contributed by atoms with Gasteiger partial charge in [0.15, 0.2) is 0 Å². The van der Waals surface area contributed by atoms with Gasteiger partial charge in [-0.25, -0.2) is 4.98 Å². The number of hydrogen-bond donors (Lipinski definition) is 1. The van der Waals surface area contributed by atoms with Crippen molar-refractivity contribution in [2.45, 2.75) is 37.6 Å². The molecule has 1 amide bonds. The summed E-state index contributed by atoms with van der Waals surface area (Å²) in [7, 11) is 2.09. The number of rotatable bonds is 6. The molecular formula is C25H26FN3O2. The first kappa shape index (κ1) is 19.9. The maximum absolute atomic E-state index is 13.7. The summed E-state index contributed by atoms with van der Waals surface area (Å²) in [5.74, 6) is -0.272. The van der Waals surface area contributed by atoms with Crippen molar-refractivity contribution in [1.29, 1.82) is 0 Å². The third-order valence-electron chi connectivity index (χ3n) is 7.01. The molecule has 1 atom stereocenters. The Balaban J connectivity index is 1.59. The van der Waals surface area contributed by atoms with E-state index in [0.29, 0.717) is 29.5 Å². The van der Waals surface area contributed by atoms with Crippen molar-refractivity contribution >= 4 is 16.8 Å². The van der Waals surface area contributed by atoms with Crippen LogP contribution in [0.3, 0.4) is 0 Å². The van der Waals surface area contributed by atoms with Crippen LogP contribution in [0.5, 0.6) is 5.75 Å². The molecule has 6 heteroatoms. The number of likely N-dealkylation sites (N-methyl/N-ethyl adjacent to an activating group) is 1. The van der Waals surface area contributed by atoms with Crippen molar-refractivity contribution in [2.75, 3.05) is 20.2 Å². The number of primary amides is 1. The lowest BCUT2D eigenvalue weighted by Gasteiger charge is -2.37. The predicted molar refractivity (Wildman–Crippen MR) is 118 cm³/mol. The first-order valence-electron chi connectivity index (χ1n) is 10.7. The maximum Gasteiger partial charge on any atom is 0.249 e. The smallest absolute Gasteiger partial charge is 0.249 e. The lowest BCUT2D eigenvalue weighted by molar-refractivity contribution is 0.0767. The van der Waals surface area contributed by atoms with E-state index in [-0.39, 0.29) is 5.41 Å². The number of pyridine rings is 1. The molecular weight excluding hydrogens is 393 g/mol. The molecule has 3 aromatic rings. The second kappa shape index (κ2) is 7.31. The zero-order chi connectivity index (χ0) is 21.8. The molecule has 2 N–H and O–H groups in total. The molecule has 0 spiro atoms. The van der Waals surface area contributed by atoms with E-state index in [9.17, 15) is 9.18 Å². The molecule has 5 rings (SSSR count). The van der Waals surface area contributed by atoms with E-state index < -0.39 is 11.9 Å². The average molecular weight is 420 g/mol. The van der Waals surface area contributed by atoms with Crippen molar-refractivity contribution in [2.24, 2.45) is 5.73 Å². The third kappa shape index (κ3) is 3.35. The van der Waals surface area contributed by atoms with Gasteiger partial charge in [0.1, 0.15) is 12.4 Å². The number of amides is 1. The lowest BCUT2D eigenvalue weighted by atomic mass is 9.82. The number of carbonyl (C=O) groups excluding carboxylic acids is 1. The van der Waals surface area contributed by atoms with E-state index >= 15 is 0 Å². The van der Waals surface area contributed by atoms with Gasteiger partial charge < -0.3 is 10.5 Å². The number of fused-ring (bicyclic) bond motifs is 1. The zero-order valence-electron chi connectivity index (χ0n) is 17.8. The Labute approximate surface area is 181 Å². The second-order valence-corrected chi connectivity index (χ2v) is 8.83. The summed E-state index contributed by atoms with van der Waals surface area (Å²) in [5, 5.41) is 0.934. The van der Waals surface area contributed by atoms with Gasteiger partial charge in [-0.15, -0.1) is 0 Å². The van der Waals surface area contributed by atoms with E-state index in [0.717, 1.165) is 47.9 Å². The number of halogens is 1. The molecule has 1 unspecified atom stereocenters. The van der Waals surface area contributed by atoms with Crippen LogP contribution in [-0.2, 0) is 5.41 Å². The van der Waals surface area contributed by atoms with Crippen LogP contribution in [0.15, 0.2) is 42.5 Å². The highest BCUT2D eigenvalue weighted by Gasteiger charge is 2.48. The molecule has 1 aromatic heterocycles. The van der Waals surface area contributed by atoms with E-state index in [4.69, 9.17) is 10.5 Å². The molecule has 2 fully saturated rings. The molecule has 5 nitrogen and oxygen atoms in total. The second-order valence-electron chi connectivity index (χ2n) is 8.83. The summed E-state index contributed by atoms with van der Waals surface area (Å²) in [6, 6.07) is 13.2. The SMILES string of the molecule is Cc1c(C(N)=O)cc(OCC2CCN2C)cc1C1(c2cccc3nc(F)ccc23)CC1. The Morgan fingerprint density at radius 1 is 1.26 bits per heavy atom.